The molecule has 1 rings (SSSR count). The summed E-state index contributed by atoms with van der Waals surface area (Å²) >= 11 is 0. The van der Waals surface area contributed by atoms with Crippen molar-refractivity contribution < 1.29 is 4.84 Å². The van der Waals surface area contributed by atoms with E-state index < -0.39 is 0 Å². The number of hydrogen-bond donors (Lipinski definition) is 1. The van der Waals surface area contributed by atoms with Crippen LogP contribution in [0.4, 0.5) is 0 Å². The lowest BCUT2D eigenvalue weighted by Gasteiger charge is -2.01. The van der Waals surface area contributed by atoms with Crippen LogP contribution in [0.5, 0.6) is 0 Å². The molecule has 11 heavy (non-hydrogen) atoms. The van der Waals surface area contributed by atoms with E-state index in [4.69, 9.17) is 4.84 Å². The monoisotopic (exact) mass is 156 g/mol. The molecule has 0 bridgehead atoms. The lowest BCUT2D eigenvalue weighted by Crippen LogP contribution is -2.24. The van der Waals surface area contributed by atoms with E-state index in [1.165, 1.54) is 4.73 Å². The van der Waals surface area contributed by atoms with Gasteiger partial charge in [0, 0.05) is 6.20 Å². The molecule has 0 radical (unpaired) electrons. The molecule has 0 aliphatic carbocycles. The first kappa shape index (κ1) is 7.91. The molecule has 0 atom stereocenters. The molecule has 0 saturated carbocycles. The molecule has 4 nitrogen and oxygen atoms in total. The topological polar surface area (TPSA) is 47.0 Å². The van der Waals surface area contributed by atoms with Crippen LogP contribution in [0, 0.1) is 0 Å². The smallest absolute Gasteiger partial charge is 0.358 e. The summed E-state index contributed by atoms with van der Waals surface area (Å²) in [6.07, 6.45) is 5.16. The second-order valence-electron chi connectivity index (χ2n) is 2.28. The maximum absolute atomic E-state index is 10.8. The number of nitrogens with one attached hydrogen (secondary N) is 1. The third-order valence-electron chi connectivity index (χ3n) is 1.35. The summed E-state index contributed by atoms with van der Waals surface area (Å²) in [4.78, 5) is 18.4. The van der Waals surface area contributed by atoms with E-state index in [9.17, 15) is 4.79 Å². The number of imidazole rings is 1. The third kappa shape index (κ3) is 2.14. The maximum atomic E-state index is 10.8. The van der Waals surface area contributed by atoms with Crippen molar-refractivity contribution in [1.29, 1.82) is 0 Å². The summed E-state index contributed by atoms with van der Waals surface area (Å²) in [5.41, 5.74) is -0.221. The Morgan fingerprint density at radius 3 is 3.09 bits per heavy atom. The van der Waals surface area contributed by atoms with Gasteiger partial charge in [0.25, 0.3) is 0 Å². The summed E-state index contributed by atoms with van der Waals surface area (Å²) in [6, 6.07) is 0. The Morgan fingerprint density at radius 1 is 1.73 bits per heavy atom. The Balaban J connectivity index is 2.39. The fraction of sp³-hybridized carbons (Fsp3) is 0.571. The van der Waals surface area contributed by atoms with Crippen molar-refractivity contribution in [3.05, 3.63) is 22.9 Å². The minimum atomic E-state index is -0.221. The Hall–Kier alpha value is -1.19. The molecule has 0 aliphatic heterocycles. The normalized spacial score (nSPS) is 9.91. The molecule has 62 valence electrons. The highest BCUT2D eigenvalue weighted by molar-refractivity contribution is 4.71. The maximum Gasteiger partial charge on any atom is 0.358 e. The third-order valence-corrected chi connectivity index (χ3v) is 1.35. The molecule has 4 heteroatoms. The van der Waals surface area contributed by atoms with E-state index >= 15 is 0 Å². The molecule has 0 saturated heterocycles. The fourth-order valence-corrected chi connectivity index (χ4v) is 0.716. The van der Waals surface area contributed by atoms with Gasteiger partial charge in [-0.15, -0.1) is 4.73 Å². The van der Waals surface area contributed by atoms with Gasteiger partial charge < -0.3 is 9.82 Å². The van der Waals surface area contributed by atoms with E-state index in [2.05, 4.69) is 11.9 Å². The quantitative estimate of drug-likeness (QED) is 0.641. The van der Waals surface area contributed by atoms with Gasteiger partial charge in [-0.05, 0) is 6.42 Å². The van der Waals surface area contributed by atoms with Crippen molar-refractivity contribution in [3.63, 3.8) is 0 Å². The number of rotatable bonds is 4. The Bertz CT molecular complexity index is 251. The highest BCUT2D eigenvalue weighted by Gasteiger charge is 1.93. The minimum absolute atomic E-state index is 0.221. The van der Waals surface area contributed by atoms with Gasteiger partial charge in [-0.2, -0.15) is 0 Å². The Labute approximate surface area is 64.8 Å². The van der Waals surface area contributed by atoms with E-state index in [1.807, 2.05) is 0 Å². The van der Waals surface area contributed by atoms with Crippen molar-refractivity contribution >= 4 is 0 Å². The van der Waals surface area contributed by atoms with Crippen LogP contribution < -0.4 is 10.5 Å². The summed E-state index contributed by atoms with van der Waals surface area (Å²) in [5, 5.41) is 0. The molecule has 1 aromatic rings. The van der Waals surface area contributed by atoms with Crippen LogP contribution in [0.2, 0.25) is 0 Å². The molecular formula is C7H12N2O2. The van der Waals surface area contributed by atoms with Crippen molar-refractivity contribution in [2.45, 2.75) is 19.8 Å². The zero-order chi connectivity index (χ0) is 8.10. The molecule has 0 spiro atoms. The Morgan fingerprint density at radius 2 is 2.55 bits per heavy atom. The minimum Gasteiger partial charge on any atom is -0.410 e. The van der Waals surface area contributed by atoms with E-state index in [1.54, 1.807) is 12.4 Å². The van der Waals surface area contributed by atoms with Crippen LogP contribution in [-0.4, -0.2) is 16.3 Å². The second-order valence-corrected chi connectivity index (χ2v) is 2.28. The number of nitrogens with zero attached hydrogens (tertiary/aromatic N) is 1. The van der Waals surface area contributed by atoms with Gasteiger partial charge in [-0.1, -0.05) is 13.3 Å². The standard InChI is InChI=1S/C7H12N2O2/c1-2-3-6-11-9-5-4-8-7(9)10/h4-5H,2-3,6H2,1H3,(H,8,10). The average Bonchev–Trinajstić information content (AvgIpc) is 2.37. The number of aromatic nitrogens is 2. The zero-order valence-corrected chi connectivity index (χ0v) is 6.54. The zero-order valence-electron chi connectivity index (χ0n) is 6.54. The number of H-pyrrole nitrogens is 1. The van der Waals surface area contributed by atoms with Crippen molar-refractivity contribution in [2.24, 2.45) is 0 Å². The van der Waals surface area contributed by atoms with Gasteiger partial charge in [-0.25, -0.2) is 4.79 Å². The number of hydrogen-bond acceptors (Lipinski definition) is 2. The molecular weight excluding hydrogens is 144 g/mol. The largest absolute Gasteiger partial charge is 0.410 e. The van der Waals surface area contributed by atoms with Gasteiger partial charge in [-0.3, -0.25) is 0 Å². The second kappa shape index (κ2) is 3.85. The van der Waals surface area contributed by atoms with E-state index in [0.717, 1.165) is 12.8 Å². The van der Waals surface area contributed by atoms with Gasteiger partial charge in [0.05, 0.1) is 6.20 Å². The molecule has 0 aromatic carbocycles. The molecule has 1 aromatic heterocycles. The van der Waals surface area contributed by atoms with Crippen LogP contribution >= 0.6 is 0 Å². The fourth-order valence-electron chi connectivity index (χ4n) is 0.716. The molecule has 1 N–H and O–H groups in total. The van der Waals surface area contributed by atoms with Crippen LogP contribution in [-0.2, 0) is 0 Å². The van der Waals surface area contributed by atoms with E-state index in [0.29, 0.717) is 6.61 Å². The van der Waals surface area contributed by atoms with Gasteiger partial charge >= 0.3 is 5.69 Å². The Kier molecular flexibility index (Phi) is 2.77. The first-order valence-electron chi connectivity index (χ1n) is 3.74. The highest BCUT2D eigenvalue weighted by Crippen LogP contribution is 1.84. The SMILES string of the molecule is CCCCOn1cc[nH]c1=O. The first-order chi connectivity index (χ1) is 5.34. The predicted molar refractivity (Wildman–Crippen MR) is 41.4 cm³/mol. The van der Waals surface area contributed by atoms with Gasteiger partial charge in [0.15, 0.2) is 0 Å². The van der Waals surface area contributed by atoms with Gasteiger partial charge in [0.1, 0.15) is 6.61 Å². The average molecular weight is 156 g/mol. The molecule has 0 aliphatic rings. The van der Waals surface area contributed by atoms with Crippen LogP contribution in [0.25, 0.3) is 0 Å². The van der Waals surface area contributed by atoms with Crippen molar-refractivity contribution in [3.8, 4) is 0 Å². The summed E-state index contributed by atoms with van der Waals surface area (Å²) in [6.45, 7) is 2.66. The molecule has 0 fully saturated rings. The summed E-state index contributed by atoms with van der Waals surface area (Å²) < 4.78 is 1.20. The van der Waals surface area contributed by atoms with Crippen LogP contribution in [0.1, 0.15) is 19.8 Å². The number of aromatic amines is 1. The van der Waals surface area contributed by atoms with Crippen LogP contribution in [0.3, 0.4) is 0 Å². The van der Waals surface area contributed by atoms with Crippen molar-refractivity contribution in [2.75, 3.05) is 6.61 Å². The lowest BCUT2D eigenvalue weighted by molar-refractivity contribution is 0.100. The molecule has 1 heterocycles. The predicted octanol–water partition coefficient (Wildman–Crippen LogP) is 0.405. The molecule has 0 unspecified atom stereocenters. The molecule has 0 amide bonds. The van der Waals surface area contributed by atoms with Crippen molar-refractivity contribution in [1.82, 2.24) is 9.71 Å². The summed E-state index contributed by atoms with van der Waals surface area (Å²) in [5.74, 6) is 0. The highest BCUT2D eigenvalue weighted by atomic mass is 16.7. The first-order valence-corrected chi connectivity index (χ1v) is 3.74. The van der Waals surface area contributed by atoms with E-state index in [-0.39, 0.29) is 5.69 Å². The van der Waals surface area contributed by atoms with Crippen LogP contribution in [0.15, 0.2) is 17.2 Å². The van der Waals surface area contributed by atoms with Gasteiger partial charge in [0.2, 0.25) is 0 Å². The lowest BCUT2D eigenvalue weighted by atomic mass is 10.4. The number of unbranched alkanes of at least 4 members (excludes halogenated alkanes) is 1. The summed E-state index contributed by atoms with van der Waals surface area (Å²) in [7, 11) is 0.